The number of anilines is 2. The van der Waals surface area contributed by atoms with E-state index < -0.39 is 5.82 Å². The first-order chi connectivity index (χ1) is 13.5. The quantitative estimate of drug-likeness (QED) is 0.719. The molecule has 6 nitrogen and oxygen atoms in total. The molecule has 1 saturated heterocycles. The van der Waals surface area contributed by atoms with E-state index in [0.29, 0.717) is 19.0 Å². The van der Waals surface area contributed by atoms with Crippen molar-refractivity contribution in [3.8, 4) is 0 Å². The number of nitrogens with zero attached hydrogens (tertiary/aromatic N) is 3. The minimum Gasteiger partial charge on any atom is -0.369 e. The first kappa shape index (κ1) is 18.3. The molecule has 4 rings (SSSR count). The Morgan fingerprint density at radius 1 is 1.32 bits per heavy atom. The van der Waals surface area contributed by atoms with Gasteiger partial charge in [-0.05, 0) is 36.6 Å². The highest BCUT2D eigenvalue weighted by Gasteiger charge is 2.32. The summed E-state index contributed by atoms with van der Waals surface area (Å²) in [4.78, 5) is 24.2. The van der Waals surface area contributed by atoms with Gasteiger partial charge >= 0.3 is 6.03 Å². The van der Waals surface area contributed by atoms with Crippen LogP contribution in [0.4, 0.5) is 20.6 Å². The van der Waals surface area contributed by atoms with Gasteiger partial charge in [0.2, 0.25) is 0 Å². The molecule has 1 aromatic carbocycles. The van der Waals surface area contributed by atoms with Crippen LogP contribution in [0.5, 0.6) is 0 Å². The maximum atomic E-state index is 13.9. The molecule has 2 N–H and O–H groups in total. The first-order valence-electron chi connectivity index (χ1n) is 9.50. The Bertz CT molecular complexity index is 988. The van der Waals surface area contributed by atoms with E-state index in [0.717, 1.165) is 23.1 Å². The standard InChI is InChI=1S/C21H24FN5O/c1-14-9-12-27(21(28)25-17-6-4-3-5-16(17)22)13-19(14)26(2)18-8-11-24-20-15(18)7-10-23-20/h3-8,10-11,14,19H,9,12-13H2,1-2H3,(H,23,24)(H,25,28)/t14-,19+/m1/s1. The number of carbonyl (C=O) groups is 1. The Kier molecular flexibility index (Phi) is 4.90. The molecule has 0 unspecified atom stereocenters. The van der Waals surface area contributed by atoms with Gasteiger partial charge < -0.3 is 20.1 Å². The average Bonchev–Trinajstić information content (AvgIpc) is 3.18. The van der Waals surface area contributed by atoms with Crippen molar-refractivity contribution in [2.45, 2.75) is 19.4 Å². The lowest BCUT2D eigenvalue weighted by atomic mass is 9.92. The second-order valence-corrected chi connectivity index (χ2v) is 7.37. The number of urea groups is 1. The highest BCUT2D eigenvalue weighted by atomic mass is 19.1. The van der Waals surface area contributed by atoms with Crippen LogP contribution >= 0.6 is 0 Å². The summed E-state index contributed by atoms with van der Waals surface area (Å²) in [6, 6.07) is 10.1. The second kappa shape index (κ2) is 7.50. The smallest absolute Gasteiger partial charge is 0.321 e. The van der Waals surface area contributed by atoms with Crippen molar-refractivity contribution in [2.24, 2.45) is 5.92 Å². The van der Waals surface area contributed by atoms with E-state index in [2.05, 4.69) is 34.2 Å². The zero-order valence-electron chi connectivity index (χ0n) is 16.0. The predicted molar refractivity (Wildman–Crippen MR) is 109 cm³/mol. The number of fused-ring (bicyclic) bond motifs is 1. The second-order valence-electron chi connectivity index (χ2n) is 7.37. The lowest BCUT2D eigenvalue weighted by Crippen LogP contribution is -2.53. The van der Waals surface area contributed by atoms with Crippen LogP contribution < -0.4 is 10.2 Å². The van der Waals surface area contributed by atoms with Crippen molar-refractivity contribution in [1.29, 1.82) is 0 Å². The predicted octanol–water partition coefficient (Wildman–Crippen LogP) is 4.08. The van der Waals surface area contributed by atoms with E-state index in [-0.39, 0.29) is 17.8 Å². The summed E-state index contributed by atoms with van der Waals surface area (Å²) >= 11 is 0. The van der Waals surface area contributed by atoms with Crippen LogP contribution in [0.25, 0.3) is 11.0 Å². The van der Waals surface area contributed by atoms with Gasteiger partial charge in [0.15, 0.2) is 0 Å². The summed E-state index contributed by atoms with van der Waals surface area (Å²) in [5, 5.41) is 3.76. The number of aromatic amines is 1. The van der Waals surface area contributed by atoms with Gasteiger partial charge in [0.25, 0.3) is 0 Å². The molecule has 1 aliphatic rings. The van der Waals surface area contributed by atoms with Gasteiger partial charge in [0.05, 0.1) is 5.69 Å². The number of aromatic nitrogens is 2. The molecule has 1 fully saturated rings. The normalized spacial score (nSPS) is 19.6. The number of carbonyl (C=O) groups excluding carboxylic acids is 1. The number of rotatable bonds is 3. The summed E-state index contributed by atoms with van der Waals surface area (Å²) in [6.45, 7) is 3.44. The summed E-state index contributed by atoms with van der Waals surface area (Å²) in [5.74, 6) is -0.00815. The Labute approximate surface area is 163 Å². The van der Waals surface area contributed by atoms with E-state index >= 15 is 0 Å². The monoisotopic (exact) mass is 381 g/mol. The highest BCUT2D eigenvalue weighted by molar-refractivity contribution is 5.91. The molecule has 2 aromatic heterocycles. The van der Waals surface area contributed by atoms with Crippen molar-refractivity contribution in [3.63, 3.8) is 0 Å². The van der Waals surface area contributed by atoms with Crippen LogP contribution in [0.3, 0.4) is 0 Å². The summed E-state index contributed by atoms with van der Waals surface area (Å²) in [7, 11) is 2.06. The van der Waals surface area contributed by atoms with E-state index in [1.807, 2.05) is 18.3 Å². The molecule has 28 heavy (non-hydrogen) atoms. The lowest BCUT2D eigenvalue weighted by Gasteiger charge is -2.42. The number of hydrogen-bond acceptors (Lipinski definition) is 3. The zero-order valence-corrected chi connectivity index (χ0v) is 16.0. The Hall–Kier alpha value is -3.09. The number of halogens is 1. The third-order valence-corrected chi connectivity index (χ3v) is 5.64. The summed E-state index contributed by atoms with van der Waals surface area (Å²) < 4.78 is 13.9. The summed E-state index contributed by atoms with van der Waals surface area (Å²) in [6.07, 6.45) is 4.56. The van der Waals surface area contributed by atoms with Gasteiger partial charge in [-0.25, -0.2) is 14.2 Å². The number of hydrogen-bond donors (Lipinski definition) is 2. The van der Waals surface area contributed by atoms with Crippen LogP contribution in [-0.2, 0) is 0 Å². The SMILES string of the molecule is C[C@@H]1CCN(C(=O)Nc2ccccc2F)C[C@@H]1N(C)c1ccnc2[nH]ccc12. The van der Waals surface area contributed by atoms with E-state index in [4.69, 9.17) is 0 Å². The average molecular weight is 381 g/mol. The molecule has 3 aromatic rings. The van der Waals surface area contributed by atoms with Gasteiger partial charge in [-0.2, -0.15) is 0 Å². The molecule has 0 spiro atoms. The fourth-order valence-electron chi connectivity index (χ4n) is 3.93. The minimum atomic E-state index is -0.429. The topological polar surface area (TPSA) is 64.3 Å². The Balaban J connectivity index is 1.52. The van der Waals surface area contributed by atoms with Crippen LogP contribution in [-0.4, -0.2) is 47.1 Å². The molecule has 0 aliphatic carbocycles. The number of nitrogens with one attached hydrogen (secondary N) is 2. The maximum absolute atomic E-state index is 13.9. The van der Waals surface area contributed by atoms with Crippen LogP contribution in [0, 0.1) is 11.7 Å². The van der Waals surface area contributed by atoms with Crippen molar-refractivity contribution in [3.05, 3.63) is 54.6 Å². The van der Waals surface area contributed by atoms with Crippen LogP contribution in [0.2, 0.25) is 0 Å². The molecular weight excluding hydrogens is 357 g/mol. The van der Waals surface area contributed by atoms with Gasteiger partial charge in [-0.1, -0.05) is 19.1 Å². The molecule has 7 heteroatoms. The molecule has 0 saturated carbocycles. The molecule has 0 radical (unpaired) electrons. The Morgan fingerprint density at radius 3 is 2.96 bits per heavy atom. The first-order valence-corrected chi connectivity index (χ1v) is 9.50. The molecule has 146 valence electrons. The van der Waals surface area contributed by atoms with Gasteiger partial charge in [0, 0.05) is 49.6 Å². The van der Waals surface area contributed by atoms with Gasteiger partial charge in [0.1, 0.15) is 11.5 Å². The number of piperidine rings is 1. The number of H-pyrrole nitrogens is 1. The van der Waals surface area contributed by atoms with E-state index in [1.165, 1.54) is 6.07 Å². The fraction of sp³-hybridized carbons (Fsp3) is 0.333. The lowest BCUT2D eigenvalue weighted by molar-refractivity contribution is 0.172. The van der Waals surface area contributed by atoms with E-state index in [9.17, 15) is 9.18 Å². The van der Waals surface area contributed by atoms with Crippen molar-refractivity contribution in [1.82, 2.24) is 14.9 Å². The Morgan fingerprint density at radius 2 is 2.14 bits per heavy atom. The van der Waals surface area contributed by atoms with Crippen molar-refractivity contribution in [2.75, 3.05) is 30.4 Å². The van der Waals surface area contributed by atoms with Crippen molar-refractivity contribution < 1.29 is 9.18 Å². The fourth-order valence-corrected chi connectivity index (χ4v) is 3.93. The van der Waals surface area contributed by atoms with Gasteiger partial charge in [-0.3, -0.25) is 0 Å². The largest absolute Gasteiger partial charge is 0.369 e. The van der Waals surface area contributed by atoms with Gasteiger partial charge in [-0.15, -0.1) is 0 Å². The molecule has 3 heterocycles. The number of likely N-dealkylation sites (tertiary alicyclic amines) is 1. The molecule has 0 bridgehead atoms. The number of para-hydroxylation sites is 1. The molecular formula is C21H24FN5O. The molecule has 2 amide bonds. The van der Waals surface area contributed by atoms with Crippen LogP contribution in [0.15, 0.2) is 48.8 Å². The number of amides is 2. The number of benzene rings is 1. The summed E-state index contributed by atoms with van der Waals surface area (Å²) in [5.41, 5.74) is 2.14. The van der Waals surface area contributed by atoms with Crippen molar-refractivity contribution >= 4 is 28.4 Å². The van der Waals surface area contributed by atoms with E-state index in [1.54, 1.807) is 29.3 Å². The minimum absolute atomic E-state index is 0.153. The third kappa shape index (κ3) is 3.40. The molecule has 1 aliphatic heterocycles. The highest BCUT2D eigenvalue weighted by Crippen LogP contribution is 2.30. The number of pyridine rings is 1. The number of likely N-dealkylation sites (N-methyl/N-ethyl adjacent to an activating group) is 1. The zero-order chi connectivity index (χ0) is 19.7. The molecule has 2 atom stereocenters. The maximum Gasteiger partial charge on any atom is 0.321 e. The third-order valence-electron chi connectivity index (χ3n) is 5.64. The van der Waals surface area contributed by atoms with Crippen LogP contribution in [0.1, 0.15) is 13.3 Å².